The lowest BCUT2D eigenvalue weighted by Crippen LogP contribution is -2.01. The summed E-state index contributed by atoms with van der Waals surface area (Å²) < 4.78 is 0. The van der Waals surface area contributed by atoms with Crippen molar-refractivity contribution >= 4 is 0 Å². The molecule has 0 bridgehead atoms. The third-order valence-electron chi connectivity index (χ3n) is 0.785. The first-order chi connectivity index (χ1) is 4.43. The lowest BCUT2D eigenvalue weighted by Gasteiger charge is -1.88. The summed E-state index contributed by atoms with van der Waals surface area (Å²) in [5.41, 5.74) is 0. The van der Waals surface area contributed by atoms with E-state index < -0.39 is 0 Å². The highest BCUT2D eigenvalue weighted by Gasteiger charge is 1.91. The first-order valence-corrected chi connectivity index (χ1v) is 2.53. The van der Waals surface area contributed by atoms with Crippen molar-refractivity contribution in [1.82, 2.24) is 20.4 Å². The van der Waals surface area contributed by atoms with E-state index in [1.165, 1.54) is 6.33 Å². The van der Waals surface area contributed by atoms with Crippen LogP contribution in [0.15, 0.2) is 6.33 Å². The summed E-state index contributed by atoms with van der Waals surface area (Å²) in [5, 5.41) is 22.5. The van der Waals surface area contributed by atoms with Crippen molar-refractivity contribution in [3.05, 3.63) is 12.2 Å². The van der Waals surface area contributed by atoms with Crippen LogP contribution in [-0.2, 0) is 6.42 Å². The molecule has 1 aromatic rings. The molecule has 0 saturated heterocycles. The Morgan fingerprint density at radius 2 is 2.00 bits per heavy atom. The van der Waals surface area contributed by atoms with E-state index in [2.05, 4.69) is 20.4 Å². The predicted molar refractivity (Wildman–Crippen MR) is 28.4 cm³/mol. The maximum absolute atomic E-state index is 8.38. The van der Waals surface area contributed by atoms with E-state index in [1.54, 1.807) is 0 Å². The zero-order valence-corrected chi connectivity index (χ0v) is 4.73. The predicted octanol–water partition coefficient (Wildman–Crippen LogP) is -1.20. The maximum atomic E-state index is 8.38. The summed E-state index contributed by atoms with van der Waals surface area (Å²) in [4.78, 5) is 0. The van der Waals surface area contributed by atoms with Gasteiger partial charge < -0.3 is 5.11 Å². The lowest BCUT2D eigenvalue weighted by molar-refractivity contribution is 0.295. The average molecular weight is 126 g/mol. The first kappa shape index (κ1) is 6.03. The van der Waals surface area contributed by atoms with Crippen molar-refractivity contribution in [2.45, 2.75) is 6.42 Å². The van der Waals surface area contributed by atoms with Gasteiger partial charge in [-0.2, -0.15) is 0 Å². The number of hydrogen-bond donors (Lipinski definition) is 1. The molecule has 48 valence electrons. The molecule has 0 atom stereocenters. The minimum Gasteiger partial charge on any atom is -0.396 e. The van der Waals surface area contributed by atoms with Gasteiger partial charge in [0.15, 0.2) is 12.2 Å². The zero-order chi connectivity index (χ0) is 6.53. The van der Waals surface area contributed by atoms with E-state index in [-0.39, 0.29) is 6.61 Å². The van der Waals surface area contributed by atoms with E-state index in [0.717, 1.165) is 0 Å². The van der Waals surface area contributed by atoms with Gasteiger partial charge in [0.25, 0.3) is 0 Å². The second-order valence-corrected chi connectivity index (χ2v) is 1.44. The smallest absolute Gasteiger partial charge is 0.175 e. The minimum absolute atomic E-state index is 0.0351. The molecule has 0 radical (unpaired) electrons. The van der Waals surface area contributed by atoms with E-state index in [0.29, 0.717) is 12.2 Å². The molecule has 0 aliphatic carbocycles. The molecule has 0 saturated carbocycles. The van der Waals surface area contributed by atoms with E-state index >= 15 is 0 Å². The summed E-state index contributed by atoms with van der Waals surface area (Å²) in [6, 6.07) is 0. The van der Waals surface area contributed by atoms with E-state index in [9.17, 15) is 0 Å². The number of hydrogen-bond acceptors (Lipinski definition) is 5. The zero-order valence-electron chi connectivity index (χ0n) is 4.73. The van der Waals surface area contributed by atoms with Gasteiger partial charge in [-0.1, -0.05) is 0 Å². The van der Waals surface area contributed by atoms with Crippen molar-refractivity contribution in [1.29, 1.82) is 0 Å². The van der Waals surface area contributed by atoms with Gasteiger partial charge in [-0.05, 0) is 0 Å². The standard InChI is InChI=1S/C4H6N4O/c9-2-1-4-7-5-3-6-8-4/h3,9H,1-2H2. The molecule has 9 heavy (non-hydrogen) atoms. The van der Waals surface area contributed by atoms with Crippen molar-refractivity contribution in [2.75, 3.05) is 6.61 Å². The van der Waals surface area contributed by atoms with Crippen LogP contribution in [0.4, 0.5) is 0 Å². The van der Waals surface area contributed by atoms with Crippen LogP contribution in [0.1, 0.15) is 5.82 Å². The topological polar surface area (TPSA) is 71.8 Å². The van der Waals surface area contributed by atoms with Gasteiger partial charge in [-0.15, -0.1) is 20.4 Å². The van der Waals surface area contributed by atoms with Crippen LogP contribution in [-0.4, -0.2) is 32.1 Å². The Morgan fingerprint density at radius 1 is 1.33 bits per heavy atom. The molecule has 5 nitrogen and oxygen atoms in total. The van der Waals surface area contributed by atoms with Gasteiger partial charge in [-0.25, -0.2) is 0 Å². The molecule has 0 aliphatic heterocycles. The summed E-state index contributed by atoms with van der Waals surface area (Å²) >= 11 is 0. The number of aliphatic hydroxyl groups excluding tert-OH is 1. The summed E-state index contributed by atoms with van der Waals surface area (Å²) in [6.07, 6.45) is 1.67. The number of rotatable bonds is 2. The monoisotopic (exact) mass is 126 g/mol. The Bertz CT molecular complexity index is 165. The Balaban J connectivity index is 2.61. The van der Waals surface area contributed by atoms with E-state index in [1.807, 2.05) is 0 Å². The molecule has 0 aliphatic rings. The lowest BCUT2D eigenvalue weighted by atomic mass is 10.4. The molecule has 0 fully saturated rings. The maximum Gasteiger partial charge on any atom is 0.175 e. The van der Waals surface area contributed by atoms with Crippen molar-refractivity contribution in [3.8, 4) is 0 Å². The fourth-order valence-corrected chi connectivity index (χ4v) is 0.428. The van der Waals surface area contributed by atoms with Crippen LogP contribution in [0, 0.1) is 0 Å². The van der Waals surface area contributed by atoms with Crippen LogP contribution >= 0.6 is 0 Å². The van der Waals surface area contributed by atoms with Gasteiger partial charge in [-0.3, -0.25) is 0 Å². The van der Waals surface area contributed by atoms with Crippen molar-refractivity contribution in [3.63, 3.8) is 0 Å². The van der Waals surface area contributed by atoms with Gasteiger partial charge in [0.2, 0.25) is 0 Å². The fourth-order valence-electron chi connectivity index (χ4n) is 0.428. The molecule has 1 N–H and O–H groups in total. The summed E-state index contributed by atoms with van der Waals surface area (Å²) in [7, 11) is 0. The average Bonchev–Trinajstić information content (AvgIpc) is 1.91. The Morgan fingerprint density at radius 3 is 2.56 bits per heavy atom. The highest BCUT2D eigenvalue weighted by molar-refractivity contribution is 4.74. The Labute approximate surface area is 51.8 Å². The van der Waals surface area contributed by atoms with Crippen LogP contribution in [0.3, 0.4) is 0 Å². The van der Waals surface area contributed by atoms with Gasteiger partial charge in [0.05, 0.1) is 6.61 Å². The highest BCUT2D eigenvalue weighted by Crippen LogP contribution is 1.80. The molecule has 0 aromatic carbocycles. The van der Waals surface area contributed by atoms with Gasteiger partial charge >= 0.3 is 0 Å². The third-order valence-corrected chi connectivity index (χ3v) is 0.785. The Hall–Kier alpha value is -1.10. The highest BCUT2D eigenvalue weighted by atomic mass is 16.3. The number of aromatic nitrogens is 4. The second kappa shape index (κ2) is 3.03. The Kier molecular flexibility index (Phi) is 2.03. The molecule has 1 heterocycles. The third kappa shape index (κ3) is 1.69. The SMILES string of the molecule is OCCc1nncnn1. The normalized spacial score (nSPS) is 9.44. The molecular formula is C4H6N4O. The first-order valence-electron chi connectivity index (χ1n) is 2.53. The number of aliphatic hydroxyl groups is 1. The summed E-state index contributed by atoms with van der Waals surface area (Å²) in [5.74, 6) is 0.472. The summed E-state index contributed by atoms with van der Waals surface area (Å²) in [6.45, 7) is 0.0351. The second-order valence-electron chi connectivity index (χ2n) is 1.44. The molecule has 1 rings (SSSR count). The quantitative estimate of drug-likeness (QED) is 0.539. The number of nitrogens with zero attached hydrogens (tertiary/aromatic N) is 4. The molecule has 0 amide bonds. The van der Waals surface area contributed by atoms with Crippen LogP contribution in [0.2, 0.25) is 0 Å². The molecular weight excluding hydrogens is 120 g/mol. The molecule has 0 unspecified atom stereocenters. The van der Waals surface area contributed by atoms with Crippen LogP contribution in [0.25, 0.3) is 0 Å². The minimum atomic E-state index is 0.0351. The molecule has 1 aromatic heterocycles. The molecule has 0 spiro atoms. The fraction of sp³-hybridized carbons (Fsp3) is 0.500. The van der Waals surface area contributed by atoms with Crippen LogP contribution < -0.4 is 0 Å². The van der Waals surface area contributed by atoms with Crippen molar-refractivity contribution in [2.24, 2.45) is 0 Å². The molecule has 5 heteroatoms. The van der Waals surface area contributed by atoms with Gasteiger partial charge in [0, 0.05) is 6.42 Å². The van der Waals surface area contributed by atoms with Crippen LogP contribution in [0.5, 0.6) is 0 Å². The van der Waals surface area contributed by atoms with Gasteiger partial charge in [0.1, 0.15) is 0 Å². The van der Waals surface area contributed by atoms with Crippen molar-refractivity contribution < 1.29 is 5.11 Å². The largest absolute Gasteiger partial charge is 0.396 e. The van der Waals surface area contributed by atoms with E-state index in [4.69, 9.17) is 5.11 Å².